The molecular formula is C13H11BrF2N2S. The number of thiazole rings is 1. The third-order valence-electron chi connectivity index (χ3n) is 3.15. The fraction of sp³-hybridized carbons (Fsp3) is 0.308. The topological polar surface area (TPSA) is 38.9 Å². The van der Waals surface area contributed by atoms with Crippen LogP contribution in [0.5, 0.6) is 0 Å². The second kappa shape index (κ2) is 4.83. The van der Waals surface area contributed by atoms with E-state index in [4.69, 9.17) is 5.73 Å². The van der Waals surface area contributed by atoms with Gasteiger partial charge in [-0.25, -0.2) is 13.8 Å². The van der Waals surface area contributed by atoms with Gasteiger partial charge in [0.15, 0.2) is 5.13 Å². The number of hydrogen-bond acceptors (Lipinski definition) is 3. The van der Waals surface area contributed by atoms with Crippen LogP contribution in [-0.4, -0.2) is 4.98 Å². The molecule has 1 aromatic heterocycles. The molecule has 0 amide bonds. The predicted octanol–water partition coefficient (Wildman–Crippen LogP) is 4.23. The van der Waals surface area contributed by atoms with Crippen molar-refractivity contribution in [1.29, 1.82) is 0 Å². The summed E-state index contributed by atoms with van der Waals surface area (Å²) in [5, 5.41) is 0.512. The zero-order chi connectivity index (χ0) is 13.6. The van der Waals surface area contributed by atoms with Gasteiger partial charge >= 0.3 is 0 Å². The van der Waals surface area contributed by atoms with Crippen molar-refractivity contribution < 1.29 is 8.78 Å². The van der Waals surface area contributed by atoms with Gasteiger partial charge in [0.05, 0.1) is 10.2 Å². The minimum atomic E-state index is -0.590. The molecule has 0 bridgehead atoms. The summed E-state index contributed by atoms with van der Waals surface area (Å²) in [6.45, 7) is 0. The Balaban J connectivity index is 1.95. The highest BCUT2D eigenvalue weighted by atomic mass is 79.9. The Morgan fingerprint density at radius 3 is 2.74 bits per heavy atom. The van der Waals surface area contributed by atoms with Crippen LogP contribution in [0.4, 0.5) is 13.9 Å². The Kier molecular flexibility index (Phi) is 3.30. The van der Waals surface area contributed by atoms with Gasteiger partial charge in [0.1, 0.15) is 11.6 Å². The summed E-state index contributed by atoms with van der Waals surface area (Å²) in [6, 6.07) is 2.39. The molecule has 3 rings (SSSR count). The first-order valence-electron chi connectivity index (χ1n) is 5.93. The molecule has 1 fully saturated rings. The Bertz CT molecular complexity index is 638. The van der Waals surface area contributed by atoms with Crippen LogP contribution in [0.15, 0.2) is 16.6 Å². The average molecular weight is 345 g/mol. The molecule has 0 spiro atoms. The van der Waals surface area contributed by atoms with E-state index in [1.54, 1.807) is 0 Å². The van der Waals surface area contributed by atoms with E-state index in [9.17, 15) is 8.78 Å². The monoisotopic (exact) mass is 344 g/mol. The number of nitrogens with two attached hydrogens (primary N) is 1. The molecule has 100 valence electrons. The molecule has 2 aromatic rings. The maximum absolute atomic E-state index is 13.8. The molecule has 0 aliphatic heterocycles. The van der Waals surface area contributed by atoms with Gasteiger partial charge < -0.3 is 5.73 Å². The molecule has 1 heterocycles. The summed E-state index contributed by atoms with van der Waals surface area (Å²) in [6.07, 6.45) is 2.64. The van der Waals surface area contributed by atoms with Crippen molar-refractivity contribution >= 4 is 32.4 Å². The number of rotatable bonds is 3. The highest BCUT2D eigenvalue weighted by molar-refractivity contribution is 9.10. The number of nitrogens with zero attached hydrogens (tertiary/aromatic N) is 1. The summed E-state index contributed by atoms with van der Waals surface area (Å²) in [4.78, 5) is 5.31. The maximum Gasteiger partial charge on any atom is 0.180 e. The molecule has 2 nitrogen and oxygen atoms in total. The lowest BCUT2D eigenvalue weighted by Gasteiger charge is -2.05. The summed E-state index contributed by atoms with van der Waals surface area (Å²) in [5.74, 6) is -0.655. The number of halogens is 3. The highest BCUT2D eigenvalue weighted by Gasteiger charge is 2.29. The maximum atomic E-state index is 13.8. The number of nitrogen functional groups attached to an aromatic ring is 1. The molecule has 19 heavy (non-hydrogen) atoms. The summed E-state index contributed by atoms with van der Waals surface area (Å²) < 4.78 is 27.2. The molecule has 0 atom stereocenters. The molecule has 0 saturated heterocycles. The fourth-order valence-corrected chi connectivity index (χ4v) is 3.39. The Morgan fingerprint density at radius 2 is 2.05 bits per heavy atom. The van der Waals surface area contributed by atoms with Crippen molar-refractivity contribution in [3.63, 3.8) is 0 Å². The van der Waals surface area contributed by atoms with Gasteiger partial charge in [-0.3, -0.25) is 0 Å². The molecule has 0 radical (unpaired) electrons. The van der Waals surface area contributed by atoms with Crippen LogP contribution in [0.3, 0.4) is 0 Å². The van der Waals surface area contributed by atoms with Gasteiger partial charge in [0, 0.05) is 23.3 Å². The smallest absolute Gasteiger partial charge is 0.180 e. The van der Waals surface area contributed by atoms with Gasteiger partial charge in [-0.1, -0.05) is 0 Å². The highest BCUT2D eigenvalue weighted by Crippen LogP contribution is 2.43. The molecular weight excluding hydrogens is 334 g/mol. The normalized spacial score (nSPS) is 14.9. The lowest BCUT2D eigenvalue weighted by atomic mass is 10.1. The van der Waals surface area contributed by atoms with Crippen molar-refractivity contribution in [3.05, 3.63) is 44.4 Å². The largest absolute Gasteiger partial charge is 0.375 e. The molecule has 1 aromatic carbocycles. The first kappa shape index (κ1) is 13.0. The predicted molar refractivity (Wildman–Crippen MR) is 75.4 cm³/mol. The van der Waals surface area contributed by atoms with E-state index in [0.717, 1.165) is 29.5 Å². The van der Waals surface area contributed by atoms with Gasteiger partial charge in [-0.2, -0.15) is 0 Å². The molecule has 1 aliphatic rings. The first-order chi connectivity index (χ1) is 9.04. The van der Waals surface area contributed by atoms with E-state index in [-0.39, 0.29) is 4.47 Å². The average Bonchev–Trinajstić information content (AvgIpc) is 3.11. The third-order valence-corrected chi connectivity index (χ3v) is 4.66. The van der Waals surface area contributed by atoms with Gasteiger partial charge in [0.25, 0.3) is 0 Å². The van der Waals surface area contributed by atoms with Crippen LogP contribution < -0.4 is 5.73 Å². The van der Waals surface area contributed by atoms with Crippen molar-refractivity contribution in [1.82, 2.24) is 4.98 Å². The van der Waals surface area contributed by atoms with E-state index >= 15 is 0 Å². The van der Waals surface area contributed by atoms with Gasteiger partial charge in [0.2, 0.25) is 0 Å². The number of aromatic nitrogens is 1. The lowest BCUT2D eigenvalue weighted by Crippen LogP contribution is -1.96. The molecule has 1 saturated carbocycles. The van der Waals surface area contributed by atoms with E-state index in [1.807, 2.05) is 0 Å². The molecule has 0 unspecified atom stereocenters. The van der Waals surface area contributed by atoms with Crippen molar-refractivity contribution in [2.45, 2.75) is 25.2 Å². The lowest BCUT2D eigenvalue weighted by molar-refractivity contribution is 0.570. The minimum Gasteiger partial charge on any atom is -0.375 e. The van der Waals surface area contributed by atoms with Crippen LogP contribution in [-0.2, 0) is 6.42 Å². The standard InChI is InChI=1S/C13H11BrF2N2S/c14-8-3-7(9(15)5-10(8)16)4-11-12(6-1-2-6)18-13(17)19-11/h3,5-6H,1-2,4H2,(H2,17,18). The Morgan fingerprint density at radius 1 is 1.32 bits per heavy atom. The summed E-state index contributed by atoms with van der Waals surface area (Å²) in [5.41, 5.74) is 7.18. The van der Waals surface area contributed by atoms with E-state index in [2.05, 4.69) is 20.9 Å². The second-order valence-corrected chi connectivity index (χ2v) is 6.64. The second-order valence-electron chi connectivity index (χ2n) is 4.67. The number of anilines is 1. The molecule has 6 heteroatoms. The van der Waals surface area contributed by atoms with E-state index in [1.165, 1.54) is 17.4 Å². The van der Waals surface area contributed by atoms with E-state index < -0.39 is 11.6 Å². The fourth-order valence-electron chi connectivity index (χ4n) is 2.06. The Hall–Kier alpha value is -1.01. The van der Waals surface area contributed by atoms with Crippen molar-refractivity contribution in [2.24, 2.45) is 0 Å². The quantitative estimate of drug-likeness (QED) is 0.846. The Labute approximate surface area is 121 Å². The van der Waals surface area contributed by atoms with Crippen LogP contribution in [0.25, 0.3) is 0 Å². The van der Waals surface area contributed by atoms with E-state index in [0.29, 0.717) is 23.0 Å². The number of benzene rings is 1. The SMILES string of the molecule is Nc1nc(C2CC2)c(Cc2cc(Br)c(F)cc2F)s1. The summed E-state index contributed by atoms with van der Waals surface area (Å²) in [7, 11) is 0. The third kappa shape index (κ3) is 2.65. The summed E-state index contributed by atoms with van der Waals surface area (Å²) >= 11 is 4.47. The molecule has 2 N–H and O–H groups in total. The first-order valence-corrected chi connectivity index (χ1v) is 7.54. The molecule has 1 aliphatic carbocycles. The number of hydrogen-bond donors (Lipinski definition) is 1. The zero-order valence-electron chi connectivity index (χ0n) is 9.92. The van der Waals surface area contributed by atoms with Crippen LogP contribution in [0.2, 0.25) is 0 Å². The van der Waals surface area contributed by atoms with Crippen LogP contribution in [0, 0.1) is 11.6 Å². The van der Waals surface area contributed by atoms with Crippen LogP contribution in [0.1, 0.15) is 34.9 Å². The van der Waals surface area contributed by atoms with Gasteiger partial charge in [-0.15, -0.1) is 11.3 Å². The van der Waals surface area contributed by atoms with Crippen LogP contribution >= 0.6 is 27.3 Å². The zero-order valence-corrected chi connectivity index (χ0v) is 12.3. The van der Waals surface area contributed by atoms with Gasteiger partial charge in [-0.05, 0) is 40.4 Å². The minimum absolute atomic E-state index is 0.273. The van der Waals surface area contributed by atoms with Crippen molar-refractivity contribution in [3.8, 4) is 0 Å². The van der Waals surface area contributed by atoms with Crippen molar-refractivity contribution in [2.75, 3.05) is 5.73 Å².